The number of terminal acetylenes is 1. The average molecular weight is 294 g/mol. The summed E-state index contributed by atoms with van der Waals surface area (Å²) in [5, 5.41) is 7.75. The lowest BCUT2D eigenvalue weighted by Gasteiger charge is -2.14. The van der Waals surface area contributed by atoms with Crippen LogP contribution in [0.4, 0.5) is 0 Å². The Kier molecular flexibility index (Phi) is 5.31. The van der Waals surface area contributed by atoms with Gasteiger partial charge in [0, 0.05) is 5.56 Å². The fourth-order valence-electron chi connectivity index (χ4n) is 1.74. The topological polar surface area (TPSA) is 89.3 Å². The van der Waals surface area contributed by atoms with Gasteiger partial charge in [-0.05, 0) is 31.0 Å². The second kappa shape index (κ2) is 6.55. The van der Waals surface area contributed by atoms with Crippen LogP contribution in [0.15, 0.2) is 23.1 Å². The zero-order chi connectivity index (χ0) is 15.3. The second-order valence-corrected chi connectivity index (χ2v) is 6.06. The minimum atomic E-state index is -3.84. The van der Waals surface area contributed by atoms with Gasteiger partial charge in [-0.1, -0.05) is 25.3 Å². The monoisotopic (exact) mass is 294 g/mol. The van der Waals surface area contributed by atoms with Crippen LogP contribution in [0.2, 0.25) is 0 Å². The van der Waals surface area contributed by atoms with Crippen LogP contribution in [0, 0.1) is 19.3 Å². The van der Waals surface area contributed by atoms with E-state index in [9.17, 15) is 13.2 Å². The molecule has 1 rings (SSSR count). The van der Waals surface area contributed by atoms with Crippen molar-refractivity contribution in [1.29, 1.82) is 0 Å². The Labute approximate surface area is 119 Å². The molecule has 0 aromatic heterocycles. The van der Waals surface area contributed by atoms with Gasteiger partial charge in [-0.2, -0.15) is 0 Å². The number of nitrogens with one attached hydrogen (secondary N) is 1. The van der Waals surface area contributed by atoms with E-state index in [-0.39, 0.29) is 16.5 Å². The maximum Gasteiger partial charge on any atom is 0.252 e. The molecule has 1 aromatic carbocycles. The molecule has 3 N–H and O–H groups in total. The number of nitrogens with two attached hydrogens (primary N) is 1. The van der Waals surface area contributed by atoms with Gasteiger partial charge < -0.3 is 5.32 Å². The number of amides is 1. The van der Waals surface area contributed by atoms with Crippen LogP contribution in [0.25, 0.3) is 0 Å². The molecule has 20 heavy (non-hydrogen) atoms. The van der Waals surface area contributed by atoms with E-state index < -0.39 is 15.9 Å². The lowest BCUT2D eigenvalue weighted by atomic mass is 10.1. The van der Waals surface area contributed by atoms with Crippen LogP contribution < -0.4 is 10.5 Å². The predicted octanol–water partition coefficient (Wildman–Crippen LogP) is 1.17. The molecule has 1 aromatic rings. The normalized spacial score (nSPS) is 12.5. The van der Waals surface area contributed by atoms with Gasteiger partial charge in [0.25, 0.3) is 5.91 Å². The first-order chi connectivity index (χ1) is 9.29. The van der Waals surface area contributed by atoms with Gasteiger partial charge in [0.15, 0.2) is 0 Å². The fourth-order valence-corrected chi connectivity index (χ4v) is 2.28. The highest BCUT2D eigenvalue weighted by molar-refractivity contribution is 7.89. The van der Waals surface area contributed by atoms with Crippen LogP contribution in [-0.2, 0) is 10.0 Å². The van der Waals surface area contributed by atoms with Crippen LogP contribution in [0.5, 0.6) is 0 Å². The van der Waals surface area contributed by atoms with Crippen molar-refractivity contribution < 1.29 is 13.2 Å². The Bertz CT molecular complexity index is 645. The molecule has 1 amide bonds. The van der Waals surface area contributed by atoms with E-state index in [4.69, 9.17) is 11.6 Å². The molecule has 0 aliphatic heterocycles. The summed E-state index contributed by atoms with van der Waals surface area (Å²) in [5.41, 5.74) is 0.912. The maximum absolute atomic E-state index is 12.1. The van der Waals surface area contributed by atoms with Crippen molar-refractivity contribution in [2.24, 2.45) is 5.14 Å². The fraction of sp³-hybridized carbons (Fsp3) is 0.357. The Morgan fingerprint density at radius 2 is 2.15 bits per heavy atom. The zero-order valence-corrected chi connectivity index (χ0v) is 12.3. The summed E-state index contributed by atoms with van der Waals surface area (Å²) in [7, 11) is -3.84. The highest BCUT2D eigenvalue weighted by atomic mass is 32.2. The molecule has 0 saturated carbocycles. The zero-order valence-electron chi connectivity index (χ0n) is 11.5. The molecule has 0 heterocycles. The number of rotatable bonds is 5. The first kappa shape index (κ1) is 16.2. The van der Waals surface area contributed by atoms with Gasteiger partial charge >= 0.3 is 0 Å². The molecule has 1 atom stereocenters. The van der Waals surface area contributed by atoms with Gasteiger partial charge in [-0.15, -0.1) is 6.42 Å². The highest BCUT2D eigenvalue weighted by Gasteiger charge is 2.16. The van der Waals surface area contributed by atoms with Gasteiger partial charge in [0.2, 0.25) is 10.0 Å². The van der Waals surface area contributed by atoms with Crippen molar-refractivity contribution in [3.63, 3.8) is 0 Å². The minimum Gasteiger partial charge on any atom is -0.338 e. The Morgan fingerprint density at radius 3 is 2.65 bits per heavy atom. The average Bonchev–Trinajstić information content (AvgIpc) is 2.37. The summed E-state index contributed by atoms with van der Waals surface area (Å²) < 4.78 is 22.6. The van der Waals surface area contributed by atoms with Crippen molar-refractivity contribution in [1.82, 2.24) is 5.32 Å². The Hall–Kier alpha value is -1.84. The molecule has 5 nitrogen and oxygen atoms in total. The number of hydrogen-bond donors (Lipinski definition) is 2. The molecule has 0 aliphatic carbocycles. The molecule has 1 unspecified atom stereocenters. The summed E-state index contributed by atoms with van der Waals surface area (Å²) in [6, 6.07) is 3.80. The molecule has 0 saturated heterocycles. The molecular formula is C14H18N2O3S. The number of aryl methyl sites for hydroxylation is 1. The quantitative estimate of drug-likeness (QED) is 0.799. The van der Waals surface area contributed by atoms with Crippen molar-refractivity contribution in [2.75, 3.05) is 0 Å². The van der Waals surface area contributed by atoms with Gasteiger partial charge in [0.1, 0.15) is 0 Å². The number of hydrogen-bond acceptors (Lipinski definition) is 3. The summed E-state index contributed by atoms with van der Waals surface area (Å²) in [6.07, 6.45) is 6.84. The first-order valence-corrected chi connectivity index (χ1v) is 7.74. The number of carbonyl (C=O) groups is 1. The second-order valence-electron chi connectivity index (χ2n) is 4.50. The van der Waals surface area contributed by atoms with E-state index in [0.717, 1.165) is 6.42 Å². The third-order valence-electron chi connectivity index (χ3n) is 2.87. The minimum absolute atomic E-state index is 0.0963. The lowest BCUT2D eigenvalue weighted by molar-refractivity contribution is 0.0943. The van der Waals surface area contributed by atoms with E-state index in [1.54, 1.807) is 13.0 Å². The molecule has 0 radical (unpaired) electrons. The third-order valence-corrected chi connectivity index (χ3v) is 3.78. The number of sulfonamides is 1. The first-order valence-electron chi connectivity index (χ1n) is 6.20. The molecular weight excluding hydrogens is 276 g/mol. The van der Waals surface area contributed by atoms with Gasteiger partial charge in [-0.3, -0.25) is 4.79 Å². The Balaban J connectivity index is 3.07. The van der Waals surface area contributed by atoms with Crippen LogP contribution in [-0.4, -0.2) is 20.4 Å². The van der Waals surface area contributed by atoms with E-state index in [1.165, 1.54) is 12.1 Å². The highest BCUT2D eigenvalue weighted by Crippen LogP contribution is 2.15. The van der Waals surface area contributed by atoms with Crippen molar-refractivity contribution in [3.05, 3.63) is 29.3 Å². The number of primary sulfonamides is 1. The molecule has 108 valence electrons. The van der Waals surface area contributed by atoms with Crippen molar-refractivity contribution in [2.45, 2.75) is 37.6 Å². The van der Waals surface area contributed by atoms with Gasteiger partial charge in [-0.25, -0.2) is 13.6 Å². The predicted molar refractivity (Wildman–Crippen MR) is 77.5 cm³/mol. The van der Waals surface area contributed by atoms with Crippen molar-refractivity contribution in [3.8, 4) is 12.3 Å². The molecule has 0 spiro atoms. The lowest BCUT2D eigenvalue weighted by Crippen LogP contribution is -2.34. The van der Waals surface area contributed by atoms with E-state index in [0.29, 0.717) is 12.0 Å². The van der Waals surface area contributed by atoms with Gasteiger partial charge in [0.05, 0.1) is 10.9 Å². The summed E-state index contributed by atoms with van der Waals surface area (Å²) >= 11 is 0. The Morgan fingerprint density at radius 1 is 1.50 bits per heavy atom. The summed E-state index contributed by atoms with van der Waals surface area (Å²) in [6.45, 7) is 3.68. The van der Waals surface area contributed by atoms with E-state index in [2.05, 4.69) is 11.2 Å². The number of benzene rings is 1. The van der Waals surface area contributed by atoms with Crippen LogP contribution >= 0.6 is 0 Å². The van der Waals surface area contributed by atoms with E-state index >= 15 is 0 Å². The molecule has 6 heteroatoms. The maximum atomic E-state index is 12.1. The standard InChI is InChI=1S/C14H18N2O3S/c1-4-6-11(5-2)16-14(17)13-9-12(20(15,18)19)8-7-10(13)3/h2,7-9,11H,4,6H2,1,3H3,(H,16,17)(H2,15,18,19). The summed E-state index contributed by atoms with van der Waals surface area (Å²) in [4.78, 5) is 12.1. The molecule has 0 aliphatic rings. The third kappa shape index (κ3) is 4.08. The van der Waals surface area contributed by atoms with Crippen molar-refractivity contribution >= 4 is 15.9 Å². The number of carbonyl (C=O) groups excluding carboxylic acids is 1. The smallest absolute Gasteiger partial charge is 0.252 e. The van der Waals surface area contributed by atoms with Crippen LogP contribution in [0.3, 0.4) is 0 Å². The molecule has 0 bridgehead atoms. The largest absolute Gasteiger partial charge is 0.338 e. The van der Waals surface area contributed by atoms with E-state index in [1.807, 2.05) is 6.92 Å². The summed E-state index contributed by atoms with van der Waals surface area (Å²) in [5.74, 6) is 2.09. The SMILES string of the molecule is C#CC(CCC)NC(=O)c1cc(S(N)(=O)=O)ccc1C. The molecule has 0 fully saturated rings. The van der Waals surface area contributed by atoms with Crippen LogP contribution in [0.1, 0.15) is 35.7 Å².